The number of anilines is 1. The molecule has 0 aliphatic carbocycles. The van der Waals surface area contributed by atoms with Crippen LogP contribution in [-0.2, 0) is 4.74 Å². The van der Waals surface area contributed by atoms with Crippen LogP contribution in [0.25, 0.3) is 33.1 Å². The van der Waals surface area contributed by atoms with Gasteiger partial charge in [-0.2, -0.15) is 0 Å². The molecule has 3 aromatic carbocycles. The number of pyridine rings is 1. The maximum Gasteiger partial charge on any atom is 0.291 e. The molecule has 2 amide bonds. The predicted molar refractivity (Wildman–Crippen MR) is 138 cm³/mol. The van der Waals surface area contributed by atoms with Crippen LogP contribution in [0.3, 0.4) is 0 Å². The van der Waals surface area contributed by atoms with Gasteiger partial charge in [0.05, 0.1) is 30.0 Å². The molecular formula is C29H22FN3O4. The third-order valence-electron chi connectivity index (χ3n) is 6.43. The maximum atomic E-state index is 13.8. The van der Waals surface area contributed by atoms with E-state index < -0.39 is 5.91 Å². The number of amides is 2. The number of nitrogens with one attached hydrogen (secondary N) is 1. The molecule has 0 unspecified atom stereocenters. The lowest BCUT2D eigenvalue weighted by molar-refractivity contribution is 0.0285. The van der Waals surface area contributed by atoms with Crippen LogP contribution >= 0.6 is 0 Å². The third kappa shape index (κ3) is 4.32. The molecule has 1 N–H and O–H groups in total. The Morgan fingerprint density at radius 3 is 2.38 bits per heavy atom. The predicted octanol–water partition coefficient (Wildman–Crippen LogP) is 5.51. The summed E-state index contributed by atoms with van der Waals surface area (Å²) in [5.74, 6) is -0.994. The quantitative estimate of drug-likeness (QED) is 0.355. The van der Waals surface area contributed by atoms with E-state index in [1.165, 1.54) is 12.1 Å². The van der Waals surface area contributed by atoms with E-state index in [9.17, 15) is 14.0 Å². The van der Waals surface area contributed by atoms with Crippen molar-refractivity contribution >= 4 is 39.4 Å². The van der Waals surface area contributed by atoms with E-state index in [0.717, 1.165) is 0 Å². The SMILES string of the molecule is O=C(Nc1c(C(=O)N2CCOCC2)oc2ccccc12)c1cc(-c2ccc(F)cc2)nc2ccccc12. The average molecular weight is 496 g/mol. The van der Waals surface area contributed by atoms with E-state index in [-0.39, 0.29) is 17.5 Å². The zero-order valence-corrected chi connectivity index (χ0v) is 19.7. The van der Waals surface area contributed by atoms with E-state index >= 15 is 0 Å². The smallest absolute Gasteiger partial charge is 0.291 e. The van der Waals surface area contributed by atoms with Crippen LogP contribution in [0.15, 0.2) is 83.3 Å². The number of para-hydroxylation sites is 2. The number of halogens is 1. The third-order valence-corrected chi connectivity index (χ3v) is 6.43. The van der Waals surface area contributed by atoms with Gasteiger partial charge in [0.2, 0.25) is 5.76 Å². The zero-order chi connectivity index (χ0) is 25.4. The van der Waals surface area contributed by atoms with Crippen molar-refractivity contribution in [3.63, 3.8) is 0 Å². The van der Waals surface area contributed by atoms with E-state index in [1.807, 2.05) is 36.4 Å². The Labute approximate surface area is 211 Å². The van der Waals surface area contributed by atoms with Crippen LogP contribution in [0, 0.1) is 5.82 Å². The molecule has 184 valence electrons. The largest absolute Gasteiger partial charge is 0.449 e. The molecule has 1 aliphatic rings. The van der Waals surface area contributed by atoms with Crippen molar-refractivity contribution in [2.45, 2.75) is 0 Å². The molecule has 8 heteroatoms. The molecule has 0 radical (unpaired) electrons. The number of hydrogen-bond acceptors (Lipinski definition) is 5. The lowest BCUT2D eigenvalue weighted by Crippen LogP contribution is -2.40. The van der Waals surface area contributed by atoms with E-state index in [0.29, 0.717) is 70.7 Å². The van der Waals surface area contributed by atoms with Gasteiger partial charge in [0.1, 0.15) is 17.1 Å². The minimum absolute atomic E-state index is 0.0774. The van der Waals surface area contributed by atoms with Crippen molar-refractivity contribution in [1.82, 2.24) is 9.88 Å². The Kier molecular flexibility index (Phi) is 5.86. The van der Waals surface area contributed by atoms with Gasteiger partial charge < -0.3 is 19.4 Å². The van der Waals surface area contributed by atoms with Gasteiger partial charge in [-0.1, -0.05) is 30.3 Å². The number of nitrogens with zero attached hydrogens (tertiary/aromatic N) is 2. The second kappa shape index (κ2) is 9.48. The van der Waals surface area contributed by atoms with E-state index in [1.54, 1.807) is 35.2 Å². The summed E-state index contributed by atoms with van der Waals surface area (Å²) >= 11 is 0. The molecule has 1 saturated heterocycles. The van der Waals surface area contributed by atoms with Gasteiger partial charge in [0, 0.05) is 29.4 Å². The highest BCUT2D eigenvalue weighted by Gasteiger charge is 2.28. The number of carbonyl (C=O) groups excluding carboxylic acids is 2. The van der Waals surface area contributed by atoms with Crippen molar-refractivity contribution in [1.29, 1.82) is 0 Å². The van der Waals surface area contributed by atoms with Crippen molar-refractivity contribution in [3.8, 4) is 11.3 Å². The molecule has 0 bridgehead atoms. The van der Waals surface area contributed by atoms with Crippen LogP contribution in [0.4, 0.5) is 10.1 Å². The molecule has 1 aliphatic heterocycles. The van der Waals surface area contributed by atoms with Crippen LogP contribution in [-0.4, -0.2) is 48.0 Å². The second-order valence-electron chi connectivity index (χ2n) is 8.74. The number of carbonyl (C=O) groups is 2. The van der Waals surface area contributed by atoms with Gasteiger partial charge >= 0.3 is 0 Å². The number of aromatic nitrogens is 1. The summed E-state index contributed by atoms with van der Waals surface area (Å²) in [5, 5.41) is 4.23. The fourth-order valence-electron chi connectivity index (χ4n) is 4.54. The summed E-state index contributed by atoms with van der Waals surface area (Å²) in [7, 11) is 0. The first-order chi connectivity index (χ1) is 18.1. The summed E-state index contributed by atoms with van der Waals surface area (Å²) in [5.41, 5.74) is 3.03. The van der Waals surface area contributed by atoms with Gasteiger partial charge in [0.15, 0.2) is 0 Å². The van der Waals surface area contributed by atoms with E-state index in [4.69, 9.17) is 9.15 Å². The van der Waals surface area contributed by atoms with Crippen molar-refractivity contribution in [2.24, 2.45) is 0 Å². The standard InChI is InChI=1S/C29H22FN3O4/c30-19-11-9-18(10-12-19)24-17-22(20-5-1-3-7-23(20)31-24)28(34)32-26-21-6-2-4-8-25(21)37-27(26)29(35)33-13-15-36-16-14-33/h1-12,17H,13-16H2,(H,32,34). The lowest BCUT2D eigenvalue weighted by atomic mass is 10.0. The van der Waals surface area contributed by atoms with Gasteiger partial charge in [-0.25, -0.2) is 9.37 Å². The Hall–Kier alpha value is -4.56. The van der Waals surface area contributed by atoms with Gasteiger partial charge in [-0.15, -0.1) is 0 Å². The van der Waals surface area contributed by atoms with Crippen LogP contribution < -0.4 is 5.32 Å². The molecule has 7 nitrogen and oxygen atoms in total. The summed E-state index contributed by atoms with van der Waals surface area (Å²) in [4.78, 5) is 33.5. The Balaban J connectivity index is 1.43. The molecule has 0 spiro atoms. The Morgan fingerprint density at radius 2 is 1.59 bits per heavy atom. The number of furan rings is 1. The molecule has 1 fully saturated rings. The molecule has 3 heterocycles. The monoisotopic (exact) mass is 495 g/mol. The number of hydrogen-bond donors (Lipinski definition) is 1. The topological polar surface area (TPSA) is 84.7 Å². The Morgan fingerprint density at radius 1 is 0.892 bits per heavy atom. The summed E-state index contributed by atoms with van der Waals surface area (Å²) < 4.78 is 24.8. The first kappa shape index (κ1) is 22.9. The van der Waals surface area contributed by atoms with Gasteiger partial charge in [-0.05, 0) is 48.5 Å². The van der Waals surface area contributed by atoms with Crippen LogP contribution in [0.1, 0.15) is 20.9 Å². The molecule has 6 rings (SSSR count). The molecule has 0 atom stereocenters. The fraction of sp³-hybridized carbons (Fsp3) is 0.138. The molecular weight excluding hydrogens is 473 g/mol. The zero-order valence-electron chi connectivity index (χ0n) is 19.7. The van der Waals surface area contributed by atoms with Gasteiger partial charge in [0.25, 0.3) is 11.8 Å². The Bertz CT molecular complexity index is 1640. The molecule has 0 saturated carbocycles. The molecule has 37 heavy (non-hydrogen) atoms. The first-order valence-corrected chi connectivity index (χ1v) is 11.9. The molecule has 5 aromatic rings. The maximum absolute atomic E-state index is 13.8. The molecule has 2 aromatic heterocycles. The van der Waals surface area contributed by atoms with Crippen molar-refractivity contribution in [3.05, 3.63) is 96.0 Å². The average Bonchev–Trinajstić information content (AvgIpc) is 3.31. The normalized spacial score (nSPS) is 13.7. The highest BCUT2D eigenvalue weighted by molar-refractivity contribution is 6.18. The minimum atomic E-state index is -0.412. The number of ether oxygens (including phenoxy) is 1. The van der Waals surface area contributed by atoms with E-state index in [2.05, 4.69) is 10.3 Å². The summed E-state index contributed by atoms with van der Waals surface area (Å²) in [6, 6.07) is 22.1. The lowest BCUT2D eigenvalue weighted by Gasteiger charge is -2.26. The second-order valence-corrected chi connectivity index (χ2v) is 8.74. The highest BCUT2D eigenvalue weighted by Crippen LogP contribution is 2.33. The number of benzene rings is 3. The van der Waals surface area contributed by atoms with Crippen molar-refractivity contribution in [2.75, 3.05) is 31.6 Å². The summed E-state index contributed by atoms with van der Waals surface area (Å²) in [6.45, 7) is 1.78. The van der Waals surface area contributed by atoms with Gasteiger partial charge in [-0.3, -0.25) is 9.59 Å². The number of rotatable bonds is 4. The van der Waals surface area contributed by atoms with Crippen LogP contribution in [0.5, 0.6) is 0 Å². The minimum Gasteiger partial charge on any atom is -0.449 e. The fourth-order valence-corrected chi connectivity index (χ4v) is 4.54. The first-order valence-electron chi connectivity index (χ1n) is 11.9. The summed E-state index contributed by atoms with van der Waals surface area (Å²) in [6.07, 6.45) is 0. The number of fused-ring (bicyclic) bond motifs is 2. The number of morpholine rings is 1. The highest BCUT2D eigenvalue weighted by atomic mass is 19.1. The van der Waals surface area contributed by atoms with Crippen LogP contribution in [0.2, 0.25) is 0 Å². The van der Waals surface area contributed by atoms with Crippen molar-refractivity contribution < 1.29 is 23.1 Å².